The van der Waals surface area contributed by atoms with Crippen molar-refractivity contribution in [3.8, 4) is 33.8 Å². The maximum absolute atomic E-state index is 14.1. The van der Waals surface area contributed by atoms with Gasteiger partial charge >= 0.3 is 24.3 Å². The molecule has 8 nitrogen and oxygen atoms in total. The number of halogens is 6. The van der Waals surface area contributed by atoms with Crippen LogP contribution in [0.4, 0.5) is 37.7 Å². The van der Waals surface area contributed by atoms with E-state index in [9.17, 15) is 46.1 Å². The van der Waals surface area contributed by atoms with Crippen LogP contribution in [0.15, 0.2) is 72.8 Å². The van der Waals surface area contributed by atoms with Crippen LogP contribution in [0.3, 0.4) is 0 Å². The Morgan fingerprint density at radius 3 is 1.18 bits per heavy atom. The smallest absolute Gasteiger partial charge is 0.418 e. The van der Waals surface area contributed by atoms with Gasteiger partial charge in [-0.05, 0) is 96.6 Å². The molecule has 0 spiro atoms. The topological polar surface area (TPSA) is 145 Å². The fraction of sp³-hybridized carbons (Fsp3) is 0.435. The Balaban J connectivity index is 0.000000228. The minimum atomic E-state index is -4.81. The molecule has 2 fully saturated rings. The monoisotopic (exact) mass is 842 g/mol. The van der Waals surface area contributed by atoms with Crippen LogP contribution in [0.1, 0.15) is 100 Å². The third-order valence-electron chi connectivity index (χ3n) is 10.5. The van der Waals surface area contributed by atoms with Gasteiger partial charge in [0.05, 0.1) is 47.6 Å². The lowest BCUT2D eigenvalue weighted by Crippen LogP contribution is -2.22. The SMILES string of the molecule is CC(C)CC(C(=O)O)c1cc(-c2ccccc2)c(OCC2CC2)c(N)c1C(F)(F)F.CC(C)CC(C(=O)O)c1cc(-c2ccccc2)c(OCC2CC2)c(N)c1C(F)(F)F. The van der Waals surface area contributed by atoms with Gasteiger partial charge in [0.15, 0.2) is 11.5 Å². The minimum Gasteiger partial charge on any atom is -0.490 e. The van der Waals surface area contributed by atoms with E-state index in [0.29, 0.717) is 34.1 Å². The molecule has 2 aliphatic rings. The van der Waals surface area contributed by atoms with Crippen molar-refractivity contribution < 1.29 is 55.6 Å². The number of hydrogen-bond donors (Lipinski definition) is 4. The molecule has 324 valence electrons. The summed E-state index contributed by atoms with van der Waals surface area (Å²) in [5, 5.41) is 19.5. The van der Waals surface area contributed by atoms with Crippen LogP contribution in [0.2, 0.25) is 0 Å². The van der Waals surface area contributed by atoms with E-state index >= 15 is 0 Å². The molecule has 6 rings (SSSR count). The van der Waals surface area contributed by atoms with E-state index < -0.39 is 58.6 Å². The van der Waals surface area contributed by atoms with Crippen LogP contribution in [-0.2, 0) is 21.9 Å². The largest absolute Gasteiger partial charge is 0.490 e. The zero-order valence-electron chi connectivity index (χ0n) is 34.0. The molecule has 4 aromatic carbocycles. The minimum absolute atomic E-state index is 0.0298. The van der Waals surface area contributed by atoms with Gasteiger partial charge in [0, 0.05) is 11.1 Å². The maximum atomic E-state index is 14.1. The second-order valence-corrected chi connectivity index (χ2v) is 16.5. The zero-order valence-corrected chi connectivity index (χ0v) is 34.0. The van der Waals surface area contributed by atoms with Crippen molar-refractivity contribution in [2.45, 2.75) is 90.4 Å². The van der Waals surface area contributed by atoms with Crippen molar-refractivity contribution in [2.24, 2.45) is 23.7 Å². The van der Waals surface area contributed by atoms with E-state index in [4.69, 9.17) is 20.9 Å². The Morgan fingerprint density at radius 1 is 0.617 bits per heavy atom. The number of carboxylic acids is 2. The van der Waals surface area contributed by atoms with E-state index in [1.54, 1.807) is 88.4 Å². The summed E-state index contributed by atoms with van der Waals surface area (Å²) in [5.74, 6) is -4.93. The number of ether oxygens (including phenoxy) is 2. The maximum Gasteiger partial charge on any atom is 0.418 e. The molecule has 0 heterocycles. The van der Waals surface area contributed by atoms with E-state index in [0.717, 1.165) is 25.7 Å². The number of benzene rings is 4. The number of carbonyl (C=O) groups is 2. The van der Waals surface area contributed by atoms with Crippen molar-refractivity contribution in [3.63, 3.8) is 0 Å². The van der Waals surface area contributed by atoms with E-state index in [1.165, 1.54) is 12.1 Å². The van der Waals surface area contributed by atoms with Crippen molar-refractivity contribution in [1.29, 1.82) is 0 Å². The average molecular weight is 843 g/mol. The molecule has 0 saturated heterocycles. The van der Waals surface area contributed by atoms with Gasteiger partial charge in [-0.1, -0.05) is 88.4 Å². The highest BCUT2D eigenvalue weighted by atomic mass is 19.4. The van der Waals surface area contributed by atoms with Gasteiger partial charge in [0.25, 0.3) is 0 Å². The van der Waals surface area contributed by atoms with Crippen LogP contribution in [0.5, 0.6) is 11.5 Å². The summed E-state index contributed by atoms with van der Waals surface area (Å²) in [6.07, 6.45) is -5.60. The van der Waals surface area contributed by atoms with E-state index in [-0.39, 0.29) is 60.5 Å². The molecule has 4 aromatic rings. The van der Waals surface area contributed by atoms with Crippen LogP contribution in [-0.4, -0.2) is 35.4 Å². The lowest BCUT2D eigenvalue weighted by Gasteiger charge is -2.25. The second kappa shape index (κ2) is 18.9. The van der Waals surface area contributed by atoms with Gasteiger partial charge < -0.3 is 31.2 Å². The standard InChI is InChI=1S/2C23H26F3NO3/c2*1-13(2)10-18(22(28)29)17-11-16(15-6-4-3-5-7-15)21(30-12-14-8-9-14)20(27)19(17)23(24,25)26/h2*3-7,11,13-14,18H,8-10,12,27H2,1-2H3,(H,28,29). The molecule has 6 N–H and O–H groups in total. The molecular weight excluding hydrogens is 791 g/mol. The summed E-state index contributed by atoms with van der Waals surface area (Å²) >= 11 is 0. The molecule has 0 amide bonds. The van der Waals surface area contributed by atoms with Gasteiger partial charge in [0.2, 0.25) is 0 Å². The van der Waals surface area contributed by atoms with Crippen LogP contribution < -0.4 is 20.9 Å². The lowest BCUT2D eigenvalue weighted by atomic mass is 9.84. The number of alkyl halides is 6. The molecular formula is C46H52F6N2O6. The summed E-state index contributed by atoms with van der Waals surface area (Å²) in [4.78, 5) is 23.9. The van der Waals surface area contributed by atoms with Crippen molar-refractivity contribution >= 4 is 23.3 Å². The molecule has 0 aliphatic heterocycles. The number of rotatable bonds is 16. The number of carboxylic acid groups (broad SMARTS) is 2. The first-order valence-corrected chi connectivity index (χ1v) is 20.1. The first-order valence-electron chi connectivity index (χ1n) is 20.1. The average Bonchev–Trinajstić information content (AvgIpc) is 4.11. The van der Waals surface area contributed by atoms with Gasteiger partial charge in [0.1, 0.15) is 0 Å². The predicted octanol–water partition coefficient (Wildman–Crippen LogP) is 11.9. The molecule has 2 saturated carbocycles. The van der Waals surface area contributed by atoms with Crippen molar-refractivity contribution in [2.75, 3.05) is 24.7 Å². The second-order valence-electron chi connectivity index (χ2n) is 16.5. The summed E-state index contributed by atoms with van der Waals surface area (Å²) in [7, 11) is 0. The summed E-state index contributed by atoms with van der Waals surface area (Å²) in [6.45, 7) is 7.68. The fourth-order valence-electron chi connectivity index (χ4n) is 7.21. The van der Waals surface area contributed by atoms with E-state index in [2.05, 4.69) is 0 Å². The highest BCUT2D eigenvalue weighted by Gasteiger charge is 2.43. The first kappa shape index (κ1) is 45.7. The molecule has 0 aromatic heterocycles. The summed E-state index contributed by atoms with van der Waals surface area (Å²) < 4.78 is 96.0. The predicted molar refractivity (Wildman–Crippen MR) is 219 cm³/mol. The van der Waals surface area contributed by atoms with Gasteiger partial charge in [-0.3, -0.25) is 9.59 Å². The molecule has 60 heavy (non-hydrogen) atoms. The zero-order chi connectivity index (χ0) is 44.1. The number of anilines is 2. The highest BCUT2D eigenvalue weighted by molar-refractivity contribution is 5.86. The number of hydrogen-bond acceptors (Lipinski definition) is 6. The van der Waals surface area contributed by atoms with Crippen molar-refractivity contribution in [1.82, 2.24) is 0 Å². The Hall–Kier alpha value is -5.40. The quantitative estimate of drug-likeness (QED) is 0.0644. The number of nitrogens with two attached hydrogens (primary N) is 2. The van der Waals surface area contributed by atoms with Crippen LogP contribution in [0.25, 0.3) is 22.3 Å². The molecule has 0 bridgehead atoms. The summed E-state index contributed by atoms with van der Waals surface area (Å²) in [5.41, 5.74) is 10.1. The Labute approximate surface area is 345 Å². The lowest BCUT2D eigenvalue weighted by molar-refractivity contribution is -0.143. The third kappa shape index (κ3) is 11.4. The van der Waals surface area contributed by atoms with E-state index in [1.807, 2.05) is 0 Å². The molecule has 2 unspecified atom stereocenters. The van der Waals surface area contributed by atoms with Crippen LogP contribution >= 0.6 is 0 Å². The number of nitrogen functional groups attached to an aromatic ring is 2. The molecule has 2 aliphatic carbocycles. The third-order valence-corrected chi connectivity index (χ3v) is 10.5. The van der Waals surface area contributed by atoms with Gasteiger partial charge in [-0.2, -0.15) is 26.3 Å². The fourth-order valence-corrected chi connectivity index (χ4v) is 7.21. The summed E-state index contributed by atoms with van der Waals surface area (Å²) in [6, 6.07) is 20.2. The normalized spacial score (nSPS) is 15.3. The Kier molecular flexibility index (Phi) is 14.4. The van der Waals surface area contributed by atoms with Crippen LogP contribution in [0, 0.1) is 23.7 Å². The Morgan fingerprint density at radius 2 is 0.933 bits per heavy atom. The van der Waals surface area contributed by atoms with Gasteiger partial charge in [-0.15, -0.1) is 0 Å². The number of aliphatic carboxylic acids is 2. The molecule has 2 atom stereocenters. The highest BCUT2D eigenvalue weighted by Crippen LogP contribution is 2.51. The Bertz CT molecular complexity index is 1960. The van der Waals surface area contributed by atoms with Gasteiger partial charge in [-0.25, -0.2) is 0 Å². The van der Waals surface area contributed by atoms with Crippen molar-refractivity contribution in [3.05, 3.63) is 95.1 Å². The molecule has 0 radical (unpaired) electrons. The first-order chi connectivity index (χ1) is 28.2. The molecule has 14 heteroatoms.